The molecule has 0 bridgehead atoms. The maximum atomic E-state index is 13.1. The molecule has 0 aromatic heterocycles. The first-order chi connectivity index (χ1) is 12.5. The van der Waals surface area contributed by atoms with Crippen LogP contribution in [0, 0.1) is 5.82 Å². The number of rotatable bonds is 8. The van der Waals surface area contributed by atoms with Gasteiger partial charge in [-0.1, -0.05) is 26.0 Å². The van der Waals surface area contributed by atoms with Crippen LogP contribution in [-0.2, 0) is 16.1 Å². The first-order valence-corrected chi connectivity index (χ1v) is 9.55. The fourth-order valence-corrected chi connectivity index (χ4v) is 3.65. The molecular weight excluding hydrogens is 333 g/mol. The number of hydrogen-bond acceptors (Lipinski definition) is 3. The molecule has 1 aliphatic heterocycles. The summed E-state index contributed by atoms with van der Waals surface area (Å²) in [5.74, 6) is -0.361. The summed E-state index contributed by atoms with van der Waals surface area (Å²) in [5, 5.41) is 2.87. The number of hydrogen-bond donors (Lipinski definition) is 1. The SMILES string of the molecule is CCC(CC)N(CC)C(=O)C[C@@H]1C(=O)NCCN1Cc1ccc(F)cc1. The Kier molecular flexibility index (Phi) is 7.57. The maximum Gasteiger partial charge on any atom is 0.237 e. The van der Waals surface area contributed by atoms with Crippen LogP contribution in [0.4, 0.5) is 4.39 Å². The first kappa shape index (κ1) is 20.4. The van der Waals surface area contributed by atoms with E-state index < -0.39 is 6.04 Å². The van der Waals surface area contributed by atoms with Crippen molar-refractivity contribution >= 4 is 11.8 Å². The van der Waals surface area contributed by atoms with Gasteiger partial charge in [0.25, 0.3) is 0 Å². The minimum atomic E-state index is -0.482. The quantitative estimate of drug-likeness (QED) is 0.772. The van der Waals surface area contributed by atoms with E-state index in [-0.39, 0.29) is 30.1 Å². The van der Waals surface area contributed by atoms with Crippen LogP contribution in [0.5, 0.6) is 0 Å². The number of nitrogens with zero attached hydrogens (tertiary/aromatic N) is 2. The van der Waals surface area contributed by atoms with Gasteiger partial charge >= 0.3 is 0 Å². The Morgan fingerprint density at radius 3 is 2.50 bits per heavy atom. The number of amides is 2. The highest BCUT2D eigenvalue weighted by Crippen LogP contribution is 2.17. The smallest absolute Gasteiger partial charge is 0.237 e. The van der Waals surface area contributed by atoms with E-state index in [1.807, 2.05) is 16.7 Å². The zero-order chi connectivity index (χ0) is 19.1. The second-order valence-corrected chi connectivity index (χ2v) is 6.76. The zero-order valence-corrected chi connectivity index (χ0v) is 16.0. The van der Waals surface area contributed by atoms with E-state index in [0.29, 0.717) is 26.2 Å². The summed E-state index contributed by atoms with van der Waals surface area (Å²) in [7, 11) is 0. The number of nitrogens with one attached hydrogen (secondary N) is 1. The largest absolute Gasteiger partial charge is 0.353 e. The standard InChI is InChI=1S/C20H30FN3O2/c1-4-17(5-2)24(6-3)19(25)13-18-20(26)22-11-12-23(18)14-15-7-9-16(21)10-8-15/h7-10,17-18H,4-6,11-14H2,1-3H3,(H,22,26)/t18-/m1/s1. The lowest BCUT2D eigenvalue weighted by molar-refractivity contribution is -0.140. The summed E-state index contributed by atoms with van der Waals surface area (Å²) >= 11 is 0. The van der Waals surface area contributed by atoms with Crippen molar-refractivity contribution < 1.29 is 14.0 Å². The third-order valence-electron chi connectivity index (χ3n) is 5.15. The second kappa shape index (κ2) is 9.67. The van der Waals surface area contributed by atoms with Crippen LogP contribution in [0.2, 0.25) is 0 Å². The van der Waals surface area contributed by atoms with Crippen molar-refractivity contribution in [3.8, 4) is 0 Å². The Hall–Kier alpha value is -1.95. The van der Waals surface area contributed by atoms with Gasteiger partial charge in [0, 0.05) is 32.2 Å². The molecule has 1 aromatic rings. The van der Waals surface area contributed by atoms with E-state index in [1.54, 1.807) is 12.1 Å². The van der Waals surface area contributed by atoms with Crippen molar-refractivity contribution in [3.63, 3.8) is 0 Å². The lowest BCUT2D eigenvalue weighted by Gasteiger charge is -2.37. The van der Waals surface area contributed by atoms with E-state index in [0.717, 1.165) is 18.4 Å². The highest BCUT2D eigenvalue weighted by Gasteiger charge is 2.33. The molecule has 144 valence electrons. The van der Waals surface area contributed by atoms with Crippen molar-refractivity contribution in [2.24, 2.45) is 0 Å². The van der Waals surface area contributed by atoms with Gasteiger partial charge in [0.1, 0.15) is 5.82 Å². The molecule has 1 N–H and O–H groups in total. The summed E-state index contributed by atoms with van der Waals surface area (Å²) in [6, 6.07) is 6.03. The molecule has 1 atom stereocenters. The Morgan fingerprint density at radius 2 is 1.92 bits per heavy atom. The predicted octanol–water partition coefficient (Wildman–Crippen LogP) is 2.55. The second-order valence-electron chi connectivity index (χ2n) is 6.76. The van der Waals surface area contributed by atoms with Gasteiger partial charge in [0.05, 0.1) is 12.5 Å². The predicted molar refractivity (Wildman–Crippen MR) is 100.0 cm³/mol. The highest BCUT2D eigenvalue weighted by atomic mass is 19.1. The minimum Gasteiger partial charge on any atom is -0.353 e. The number of piperazine rings is 1. The molecule has 1 saturated heterocycles. The van der Waals surface area contributed by atoms with Crippen LogP contribution in [0.1, 0.15) is 45.6 Å². The fraction of sp³-hybridized carbons (Fsp3) is 0.600. The van der Waals surface area contributed by atoms with Crippen molar-refractivity contribution in [1.82, 2.24) is 15.1 Å². The molecule has 26 heavy (non-hydrogen) atoms. The first-order valence-electron chi connectivity index (χ1n) is 9.55. The van der Waals surface area contributed by atoms with Crippen LogP contribution in [-0.4, -0.2) is 53.3 Å². The molecule has 1 heterocycles. The van der Waals surface area contributed by atoms with Gasteiger partial charge < -0.3 is 10.2 Å². The van der Waals surface area contributed by atoms with Crippen LogP contribution >= 0.6 is 0 Å². The molecule has 2 amide bonds. The van der Waals surface area contributed by atoms with Crippen LogP contribution in [0.25, 0.3) is 0 Å². The van der Waals surface area contributed by atoms with Crippen molar-refractivity contribution in [2.75, 3.05) is 19.6 Å². The van der Waals surface area contributed by atoms with Crippen LogP contribution in [0.3, 0.4) is 0 Å². The lowest BCUT2D eigenvalue weighted by Crippen LogP contribution is -2.56. The summed E-state index contributed by atoms with van der Waals surface area (Å²) in [4.78, 5) is 29.2. The molecule has 0 unspecified atom stereocenters. The third-order valence-corrected chi connectivity index (χ3v) is 5.15. The number of carbonyl (C=O) groups is 2. The van der Waals surface area contributed by atoms with E-state index in [4.69, 9.17) is 0 Å². The van der Waals surface area contributed by atoms with Gasteiger partial charge in [0.2, 0.25) is 11.8 Å². The molecule has 5 nitrogen and oxygen atoms in total. The molecule has 0 spiro atoms. The molecule has 0 radical (unpaired) electrons. The molecule has 1 aliphatic rings. The third kappa shape index (κ3) is 5.04. The topological polar surface area (TPSA) is 52.7 Å². The number of carbonyl (C=O) groups excluding carboxylic acids is 2. The van der Waals surface area contributed by atoms with Crippen LogP contribution < -0.4 is 5.32 Å². The van der Waals surface area contributed by atoms with Crippen molar-refractivity contribution in [2.45, 2.75) is 58.7 Å². The fourth-order valence-electron chi connectivity index (χ4n) is 3.65. The summed E-state index contributed by atoms with van der Waals surface area (Å²) in [6.07, 6.45) is 2.00. The zero-order valence-electron chi connectivity index (χ0n) is 16.0. The van der Waals surface area contributed by atoms with Gasteiger partial charge in [0.15, 0.2) is 0 Å². The molecular formula is C20H30FN3O2. The number of benzene rings is 1. The van der Waals surface area contributed by atoms with Gasteiger partial charge in [-0.2, -0.15) is 0 Å². The van der Waals surface area contributed by atoms with E-state index in [1.165, 1.54) is 12.1 Å². The average molecular weight is 363 g/mol. The molecule has 0 saturated carbocycles. The van der Waals surface area contributed by atoms with Crippen molar-refractivity contribution in [1.29, 1.82) is 0 Å². The van der Waals surface area contributed by atoms with E-state index in [9.17, 15) is 14.0 Å². The molecule has 2 rings (SSSR count). The van der Waals surface area contributed by atoms with Gasteiger partial charge in [-0.15, -0.1) is 0 Å². The molecule has 1 aromatic carbocycles. The van der Waals surface area contributed by atoms with Gasteiger partial charge in [-0.3, -0.25) is 14.5 Å². The Bertz CT molecular complexity index is 602. The Balaban J connectivity index is 2.10. The lowest BCUT2D eigenvalue weighted by atomic mass is 10.0. The monoisotopic (exact) mass is 363 g/mol. The molecule has 0 aliphatic carbocycles. The minimum absolute atomic E-state index is 0.0207. The van der Waals surface area contributed by atoms with E-state index >= 15 is 0 Å². The summed E-state index contributed by atoms with van der Waals surface area (Å²) in [5.41, 5.74) is 0.936. The van der Waals surface area contributed by atoms with Gasteiger partial charge in [-0.25, -0.2) is 4.39 Å². The molecule has 1 fully saturated rings. The van der Waals surface area contributed by atoms with Crippen LogP contribution in [0.15, 0.2) is 24.3 Å². The summed E-state index contributed by atoms with van der Waals surface area (Å²) < 4.78 is 13.1. The number of halogens is 1. The Morgan fingerprint density at radius 1 is 1.27 bits per heavy atom. The Labute approximate surface area is 155 Å². The molecule has 6 heteroatoms. The highest BCUT2D eigenvalue weighted by molar-refractivity contribution is 5.89. The van der Waals surface area contributed by atoms with E-state index in [2.05, 4.69) is 19.2 Å². The average Bonchev–Trinajstić information content (AvgIpc) is 2.64. The van der Waals surface area contributed by atoms with Gasteiger partial charge in [-0.05, 0) is 37.5 Å². The normalized spacial score (nSPS) is 18.0. The maximum absolute atomic E-state index is 13.1. The van der Waals surface area contributed by atoms with Crippen molar-refractivity contribution in [3.05, 3.63) is 35.6 Å². The summed E-state index contributed by atoms with van der Waals surface area (Å²) in [6.45, 7) is 8.57.